The van der Waals surface area contributed by atoms with E-state index in [9.17, 15) is 5.11 Å². The molecule has 0 aliphatic carbocycles. The van der Waals surface area contributed by atoms with Crippen LogP contribution in [0.1, 0.15) is 11.1 Å². The third-order valence-electron chi connectivity index (χ3n) is 2.00. The summed E-state index contributed by atoms with van der Waals surface area (Å²) in [4.78, 5) is 1.07. The summed E-state index contributed by atoms with van der Waals surface area (Å²) in [5, 5.41) is 9.19. The van der Waals surface area contributed by atoms with E-state index in [0.29, 0.717) is 0 Å². The lowest BCUT2D eigenvalue weighted by Crippen LogP contribution is -1.96. The Hall–Kier alpha value is -0.670. The third-order valence-corrected chi connectivity index (χ3v) is 2.82. The molecule has 1 aromatic rings. The summed E-state index contributed by atoms with van der Waals surface area (Å²) < 4.78 is 5.24. The van der Waals surface area contributed by atoms with Gasteiger partial charge in [-0.2, -0.15) is 0 Å². The van der Waals surface area contributed by atoms with E-state index in [2.05, 4.69) is 0 Å². The van der Waals surface area contributed by atoms with Crippen LogP contribution in [0.25, 0.3) is 0 Å². The summed E-state index contributed by atoms with van der Waals surface area (Å²) in [7, 11) is 1.63. The second kappa shape index (κ2) is 4.53. The van der Waals surface area contributed by atoms with E-state index in [1.165, 1.54) is 0 Å². The molecule has 0 atom stereocenters. The normalized spacial score (nSPS) is 10.2. The molecule has 0 radical (unpaired) electrons. The monoisotopic (exact) mass is 198 g/mol. The topological polar surface area (TPSA) is 29.5 Å². The number of hydrogen-bond acceptors (Lipinski definition) is 3. The smallest absolute Gasteiger partial charge is 0.128 e. The number of hydrogen-bond donors (Lipinski definition) is 1. The van der Waals surface area contributed by atoms with Gasteiger partial charge >= 0.3 is 0 Å². The molecule has 0 aliphatic heterocycles. The van der Waals surface area contributed by atoms with Gasteiger partial charge in [0.05, 0.1) is 13.7 Å². The van der Waals surface area contributed by atoms with E-state index in [1.807, 2.05) is 25.3 Å². The molecule has 72 valence electrons. The molecule has 0 saturated carbocycles. The predicted molar refractivity (Wildman–Crippen MR) is 55.4 cm³/mol. The molecule has 1 aromatic carbocycles. The van der Waals surface area contributed by atoms with Gasteiger partial charge in [-0.25, -0.2) is 0 Å². The van der Waals surface area contributed by atoms with Crippen molar-refractivity contribution in [2.75, 3.05) is 13.4 Å². The molecule has 2 nitrogen and oxygen atoms in total. The van der Waals surface area contributed by atoms with Gasteiger partial charge in [0.2, 0.25) is 0 Å². The fourth-order valence-corrected chi connectivity index (χ4v) is 1.96. The maximum absolute atomic E-state index is 9.19. The highest BCUT2D eigenvalue weighted by molar-refractivity contribution is 7.98. The van der Waals surface area contributed by atoms with Crippen molar-refractivity contribution in [3.05, 3.63) is 23.3 Å². The molecule has 0 aromatic heterocycles. The van der Waals surface area contributed by atoms with Crippen molar-refractivity contribution < 1.29 is 9.84 Å². The van der Waals surface area contributed by atoms with Crippen LogP contribution in [-0.2, 0) is 6.61 Å². The highest BCUT2D eigenvalue weighted by Gasteiger charge is 2.09. The minimum absolute atomic E-state index is 0.0288. The largest absolute Gasteiger partial charge is 0.496 e. The molecule has 0 saturated heterocycles. The summed E-state index contributed by atoms with van der Waals surface area (Å²) >= 11 is 1.62. The number of aliphatic hydroxyl groups is 1. The fraction of sp³-hybridized carbons (Fsp3) is 0.400. The van der Waals surface area contributed by atoms with Gasteiger partial charge in [-0.3, -0.25) is 0 Å². The lowest BCUT2D eigenvalue weighted by Gasteiger charge is -2.12. The molecule has 1 N–H and O–H groups in total. The lowest BCUT2D eigenvalue weighted by atomic mass is 10.1. The van der Waals surface area contributed by atoms with E-state index in [0.717, 1.165) is 21.8 Å². The van der Waals surface area contributed by atoms with Gasteiger partial charge in [-0.1, -0.05) is 6.07 Å². The number of rotatable bonds is 3. The van der Waals surface area contributed by atoms with Crippen LogP contribution in [0.4, 0.5) is 0 Å². The zero-order valence-corrected chi connectivity index (χ0v) is 8.94. The first-order valence-corrected chi connectivity index (χ1v) is 5.28. The van der Waals surface area contributed by atoms with Gasteiger partial charge in [-0.15, -0.1) is 11.8 Å². The molecule has 3 heteroatoms. The summed E-state index contributed by atoms with van der Waals surface area (Å²) in [6.45, 7) is 2.00. The van der Waals surface area contributed by atoms with E-state index in [-0.39, 0.29) is 6.61 Å². The summed E-state index contributed by atoms with van der Waals surface area (Å²) in [6, 6.07) is 4.01. The molecule has 0 aliphatic rings. The van der Waals surface area contributed by atoms with Crippen LogP contribution in [0.3, 0.4) is 0 Å². The minimum Gasteiger partial charge on any atom is -0.496 e. The van der Waals surface area contributed by atoms with Gasteiger partial charge < -0.3 is 9.84 Å². The Morgan fingerprint density at radius 1 is 1.46 bits per heavy atom. The Labute approximate surface area is 82.9 Å². The Kier molecular flexibility index (Phi) is 3.63. The van der Waals surface area contributed by atoms with Gasteiger partial charge in [0, 0.05) is 10.5 Å². The van der Waals surface area contributed by atoms with Crippen LogP contribution in [-0.4, -0.2) is 18.5 Å². The van der Waals surface area contributed by atoms with Crippen LogP contribution in [0.15, 0.2) is 17.0 Å². The summed E-state index contributed by atoms with van der Waals surface area (Å²) in [5.74, 6) is 0.800. The molecule has 13 heavy (non-hydrogen) atoms. The van der Waals surface area contributed by atoms with E-state index >= 15 is 0 Å². The Morgan fingerprint density at radius 3 is 2.62 bits per heavy atom. The number of methoxy groups -OCH3 is 1. The van der Waals surface area contributed by atoms with Crippen molar-refractivity contribution in [1.82, 2.24) is 0 Å². The fourth-order valence-electron chi connectivity index (χ4n) is 1.35. The van der Waals surface area contributed by atoms with Crippen molar-refractivity contribution >= 4 is 11.8 Å². The van der Waals surface area contributed by atoms with Crippen LogP contribution in [0.2, 0.25) is 0 Å². The van der Waals surface area contributed by atoms with Crippen molar-refractivity contribution in [2.45, 2.75) is 18.4 Å². The first kappa shape index (κ1) is 10.4. The second-order valence-corrected chi connectivity index (χ2v) is 3.60. The zero-order chi connectivity index (χ0) is 9.84. The highest BCUT2D eigenvalue weighted by Crippen LogP contribution is 2.31. The van der Waals surface area contributed by atoms with Crippen LogP contribution in [0.5, 0.6) is 5.75 Å². The van der Waals surface area contributed by atoms with Crippen molar-refractivity contribution in [2.24, 2.45) is 0 Å². The number of ether oxygens (including phenoxy) is 1. The second-order valence-electron chi connectivity index (χ2n) is 2.75. The van der Waals surface area contributed by atoms with Gasteiger partial charge in [0.1, 0.15) is 5.75 Å². The SMILES string of the molecule is COc1c(C)ccc(SC)c1CO. The van der Waals surface area contributed by atoms with Crippen molar-refractivity contribution in [3.8, 4) is 5.75 Å². The van der Waals surface area contributed by atoms with Gasteiger partial charge in [0.15, 0.2) is 0 Å². The molecule has 0 amide bonds. The molecular weight excluding hydrogens is 184 g/mol. The molecule has 0 heterocycles. The molecule has 0 bridgehead atoms. The molecule has 0 spiro atoms. The van der Waals surface area contributed by atoms with Gasteiger partial charge in [0.25, 0.3) is 0 Å². The average Bonchev–Trinajstić information content (AvgIpc) is 2.17. The van der Waals surface area contributed by atoms with E-state index < -0.39 is 0 Å². The number of aliphatic hydroxyl groups excluding tert-OH is 1. The van der Waals surface area contributed by atoms with Crippen LogP contribution in [0, 0.1) is 6.92 Å². The average molecular weight is 198 g/mol. The maximum Gasteiger partial charge on any atom is 0.128 e. The molecule has 0 fully saturated rings. The molecule has 1 rings (SSSR count). The third kappa shape index (κ3) is 1.98. The zero-order valence-electron chi connectivity index (χ0n) is 8.13. The summed E-state index contributed by atoms with van der Waals surface area (Å²) in [6.07, 6.45) is 1.99. The Morgan fingerprint density at radius 2 is 2.15 bits per heavy atom. The Balaban J connectivity index is 3.27. The maximum atomic E-state index is 9.19. The van der Waals surface area contributed by atoms with Crippen LogP contribution < -0.4 is 4.74 Å². The first-order chi connectivity index (χ1) is 6.24. The Bertz CT molecular complexity index is 297. The predicted octanol–water partition coefficient (Wildman–Crippen LogP) is 2.22. The van der Waals surface area contributed by atoms with E-state index in [4.69, 9.17) is 4.74 Å². The quantitative estimate of drug-likeness (QED) is 0.755. The standard InChI is InChI=1S/C10H14O2S/c1-7-4-5-9(13-3)8(6-11)10(7)12-2/h4-5,11H,6H2,1-3H3. The lowest BCUT2D eigenvalue weighted by molar-refractivity contribution is 0.270. The highest BCUT2D eigenvalue weighted by atomic mass is 32.2. The molecular formula is C10H14O2S. The van der Waals surface area contributed by atoms with Crippen molar-refractivity contribution in [3.63, 3.8) is 0 Å². The minimum atomic E-state index is 0.0288. The summed E-state index contributed by atoms with van der Waals surface area (Å²) in [5.41, 5.74) is 1.94. The van der Waals surface area contributed by atoms with E-state index in [1.54, 1.807) is 18.9 Å². The molecule has 0 unspecified atom stereocenters. The number of benzene rings is 1. The van der Waals surface area contributed by atoms with Gasteiger partial charge in [-0.05, 0) is 24.8 Å². The number of aryl methyl sites for hydroxylation is 1. The van der Waals surface area contributed by atoms with Crippen molar-refractivity contribution in [1.29, 1.82) is 0 Å². The van der Waals surface area contributed by atoms with Crippen LogP contribution >= 0.6 is 11.8 Å². The first-order valence-electron chi connectivity index (χ1n) is 4.06. The number of thioether (sulfide) groups is 1.